The van der Waals surface area contributed by atoms with E-state index in [1.54, 1.807) is 26.4 Å². The normalized spacial score (nSPS) is 17.4. The van der Waals surface area contributed by atoms with Crippen molar-refractivity contribution in [2.45, 2.75) is 4.05 Å². The Morgan fingerprint density at radius 1 is 1.46 bits per heavy atom. The van der Waals surface area contributed by atoms with E-state index in [0.29, 0.717) is 35.8 Å². The van der Waals surface area contributed by atoms with E-state index < -0.39 is 0 Å². The molecule has 0 aromatic carbocycles. The van der Waals surface area contributed by atoms with Crippen molar-refractivity contribution in [3.8, 4) is 0 Å². The molecule has 1 aliphatic rings. The van der Waals surface area contributed by atoms with Crippen LogP contribution in [0.1, 0.15) is 15.4 Å². The summed E-state index contributed by atoms with van der Waals surface area (Å²) in [5.74, 6) is 0.523. The molecule has 8 nitrogen and oxygen atoms in total. The molecule has 1 fully saturated rings. The van der Waals surface area contributed by atoms with Gasteiger partial charge in [-0.3, -0.25) is 9.69 Å². The first-order valence-electron chi connectivity index (χ1n) is 8.64. The fourth-order valence-electron chi connectivity index (χ4n) is 2.77. The van der Waals surface area contributed by atoms with Crippen LogP contribution in [0, 0.1) is 0 Å². The number of carbonyl (C=O) groups is 1. The molecule has 0 saturated carbocycles. The van der Waals surface area contributed by atoms with Crippen LogP contribution < -0.4 is 5.73 Å². The number of carbonyl (C=O) groups excluding carboxylic acids is 1. The number of amides is 1. The standard InChI is InChI=1S/C18H21ClIN5O3/c1-24(2)13(26)4-3-11-9-12-14(23-18(19)21)15(28-17(12)22-10-11)16(20)25-5-7-27-8-6-25/h3-4,9-10,16H,5-8H2,1-2H3,(H2,21,23)/b4-3+. The Hall–Kier alpha value is -1.69. The van der Waals surface area contributed by atoms with Crippen LogP contribution in [0.3, 0.4) is 0 Å². The Labute approximate surface area is 181 Å². The third kappa shape index (κ3) is 4.83. The van der Waals surface area contributed by atoms with Crippen LogP contribution in [0.4, 0.5) is 5.69 Å². The lowest BCUT2D eigenvalue weighted by molar-refractivity contribution is -0.123. The van der Waals surface area contributed by atoms with Gasteiger partial charge in [-0.1, -0.05) is 22.6 Å². The molecule has 0 aliphatic carbocycles. The Bertz CT molecular complexity index is 917. The van der Waals surface area contributed by atoms with Gasteiger partial charge in [0.2, 0.25) is 11.6 Å². The second kappa shape index (κ2) is 9.21. The molecule has 0 spiro atoms. The SMILES string of the molecule is CN(C)C(=O)/C=C/c1cnc2oc(C(I)N3CCOCC3)c(N=C(N)Cl)c2c1. The number of aliphatic imine (C=N–C) groups is 1. The summed E-state index contributed by atoms with van der Waals surface area (Å²) < 4.78 is 11.4. The lowest BCUT2D eigenvalue weighted by atomic mass is 10.2. The lowest BCUT2D eigenvalue weighted by Gasteiger charge is -2.30. The van der Waals surface area contributed by atoms with Crippen molar-refractivity contribution < 1.29 is 13.9 Å². The zero-order valence-electron chi connectivity index (χ0n) is 15.6. The minimum absolute atomic E-state index is 0.0697. The van der Waals surface area contributed by atoms with E-state index in [0.717, 1.165) is 18.7 Å². The number of hydrogen-bond donors (Lipinski definition) is 1. The Balaban J connectivity index is 2.02. The molecular weight excluding hydrogens is 497 g/mol. The van der Waals surface area contributed by atoms with E-state index in [9.17, 15) is 4.79 Å². The highest BCUT2D eigenvalue weighted by molar-refractivity contribution is 14.1. The van der Waals surface area contributed by atoms with Crippen LogP contribution >= 0.6 is 34.2 Å². The number of halogens is 2. The van der Waals surface area contributed by atoms with Gasteiger partial charge in [0.15, 0.2) is 11.1 Å². The van der Waals surface area contributed by atoms with E-state index in [-0.39, 0.29) is 15.3 Å². The number of hydrogen-bond acceptors (Lipinski definition) is 6. The summed E-state index contributed by atoms with van der Waals surface area (Å²) >= 11 is 8.18. The summed E-state index contributed by atoms with van der Waals surface area (Å²) in [6, 6.07) is 1.86. The molecule has 1 unspecified atom stereocenters. The zero-order valence-corrected chi connectivity index (χ0v) is 18.5. The van der Waals surface area contributed by atoms with Crippen molar-refractivity contribution in [2.24, 2.45) is 10.7 Å². The molecule has 0 bridgehead atoms. The topological polar surface area (TPSA) is 97.2 Å². The van der Waals surface area contributed by atoms with Crippen molar-refractivity contribution in [3.63, 3.8) is 0 Å². The lowest BCUT2D eigenvalue weighted by Crippen LogP contribution is -2.36. The number of amidine groups is 1. The first-order valence-corrected chi connectivity index (χ1v) is 10.3. The number of ether oxygens (including phenoxy) is 1. The van der Waals surface area contributed by atoms with E-state index in [1.807, 2.05) is 6.07 Å². The highest BCUT2D eigenvalue weighted by Crippen LogP contribution is 2.42. The second-order valence-electron chi connectivity index (χ2n) is 6.42. The maximum absolute atomic E-state index is 11.8. The zero-order chi connectivity index (χ0) is 20.3. The van der Waals surface area contributed by atoms with Gasteiger partial charge in [-0.2, -0.15) is 0 Å². The van der Waals surface area contributed by atoms with Gasteiger partial charge < -0.3 is 19.8 Å². The quantitative estimate of drug-likeness (QED) is 0.164. The summed E-state index contributed by atoms with van der Waals surface area (Å²) in [5, 5.41) is 0.603. The van der Waals surface area contributed by atoms with Gasteiger partial charge in [0.1, 0.15) is 9.74 Å². The van der Waals surface area contributed by atoms with E-state index in [1.165, 1.54) is 11.0 Å². The predicted octanol–water partition coefficient (Wildman–Crippen LogP) is 2.88. The molecule has 28 heavy (non-hydrogen) atoms. The van der Waals surface area contributed by atoms with Crippen molar-refractivity contribution in [3.05, 3.63) is 29.7 Å². The van der Waals surface area contributed by atoms with E-state index >= 15 is 0 Å². The third-order valence-corrected chi connectivity index (χ3v) is 5.67. The van der Waals surface area contributed by atoms with Gasteiger partial charge in [-0.15, -0.1) is 0 Å². The molecule has 1 amide bonds. The highest BCUT2D eigenvalue weighted by Gasteiger charge is 2.28. The maximum Gasteiger partial charge on any atom is 0.246 e. The Kier molecular flexibility index (Phi) is 6.91. The molecule has 3 heterocycles. The van der Waals surface area contributed by atoms with Crippen LogP contribution in [-0.4, -0.2) is 66.4 Å². The first kappa shape index (κ1) is 21.0. The maximum atomic E-state index is 11.8. The molecule has 0 radical (unpaired) electrons. The summed E-state index contributed by atoms with van der Waals surface area (Å²) in [5.41, 5.74) is 7.38. The van der Waals surface area contributed by atoms with Crippen molar-refractivity contribution in [2.75, 3.05) is 40.4 Å². The van der Waals surface area contributed by atoms with Gasteiger partial charge in [-0.05, 0) is 29.3 Å². The van der Waals surface area contributed by atoms with Crippen LogP contribution in [0.2, 0.25) is 0 Å². The van der Waals surface area contributed by atoms with Gasteiger partial charge in [-0.25, -0.2) is 9.98 Å². The number of likely N-dealkylation sites (N-methyl/N-ethyl adjacent to an activating group) is 1. The van der Waals surface area contributed by atoms with Gasteiger partial charge in [0.05, 0.1) is 18.6 Å². The molecule has 2 aromatic heterocycles. The largest absolute Gasteiger partial charge is 0.438 e. The van der Waals surface area contributed by atoms with E-state index in [4.69, 9.17) is 26.5 Å². The summed E-state index contributed by atoms with van der Waals surface area (Å²) in [6.45, 7) is 2.92. The van der Waals surface area contributed by atoms with Crippen LogP contribution in [-0.2, 0) is 9.53 Å². The number of nitrogens with zero attached hydrogens (tertiary/aromatic N) is 4. The summed E-state index contributed by atoms with van der Waals surface area (Å²) in [6.07, 6.45) is 4.82. The van der Waals surface area contributed by atoms with Gasteiger partial charge in [0, 0.05) is 39.5 Å². The average molecular weight is 518 g/mol. The number of furan rings is 1. The number of aromatic nitrogens is 1. The highest BCUT2D eigenvalue weighted by atomic mass is 127. The minimum Gasteiger partial charge on any atom is -0.438 e. The molecule has 3 rings (SSSR count). The molecule has 1 saturated heterocycles. The predicted molar refractivity (Wildman–Crippen MR) is 118 cm³/mol. The van der Waals surface area contributed by atoms with Gasteiger partial charge in [0.25, 0.3) is 0 Å². The fraction of sp³-hybridized carbons (Fsp3) is 0.389. The van der Waals surface area contributed by atoms with Crippen LogP contribution in [0.25, 0.3) is 17.2 Å². The molecule has 1 aliphatic heterocycles. The molecule has 2 aromatic rings. The number of morpholine rings is 1. The van der Waals surface area contributed by atoms with Crippen LogP contribution in [0.15, 0.2) is 27.7 Å². The summed E-state index contributed by atoms with van der Waals surface area (Å²) in [4.78, 5) is 24.2. The number of nitrogens with two attached hydrogens (primary N) is 1. The Morgan fingerprint density at radius 2 is 2.18 bits per heavy atom. The Morgan fingerprint density at radius 3 is 2.82 bits per heavy atom. The van der Waals surface area contributed by atoms with Crippen LogP contribution in [0.5, 0.6) is 0 Å². The summed E-state index contributed by atoms with van der Waals surface area (Å²) in [7, 11) is 3.39. The molecule has 2 N–H and O–H groups in total. The monoisotopic (exact) mass is 517 g/mol. The van der Waals surface area contributed by atoms with E-state index in [2.05, 4.69) is 37.5 Å². The number of alkyl halides is 1. The first-order chi connectivity index (χ1) is 13.4. The van der Waals surface area contributed by atoms with Gasteiger partial charge >= 0.3 is 0 Å². The molecule has 1 atom stereocenters. The van der Waals surface area contributed by atoms with Crippen molar-refractivity contribution in [1.82, 2.24) is 14.8 Å². The third-order valence-electron chi connectivity index (χ3n) is 4.23. The number of fused-ring (bicyclic) bond motifs is 1. The second-order valence-corrected chi connectivity index (χ2v) is 7.99. The fourth-order valence-corrected chi connectivity index (χ4v) is 3.83. The molecular formula is C18H21ClIN5O3. The number of rotatable bonds is 5. The smallest absolute Gasteiger partial charge is 0.246 e. The van der Waals surface area contributed by atoms with Crippen molar-refractivity contribution >= 4 is 68.3 Å². The molecule has 150 valence electrons. The average Bonchev–Trinajstić information content (AvgIpc) is 3.03. The molecule has 10 heteroatoms. The minimum atomic E-state index is -0.115. The van der Waals surface area contributed by atoms with Crippen molar-refractivity contribution in [1.29, 1.82) is 0 Å². The number of pyridine rings is 1.